The van der Waals surface area contributed by atoms with Crippen molar-refractivity contribution in [2.45, 2.75) is 33.2 Å². The van der Waals surface area contributed by atoms with Crippen molar-refractivity contribution >= 4 is 17.8 Å². The topological polar surface area (TPSA) is 100 Å². The highest BCUT2D eigenvalue weighted by molar-refractivity contribution is 5.75. The molecule has 0 aliphatic carbocycles. The molecule has 0 radical (unpaired) electrons. The van der Waals surface area contributed by atoms with E-state index in [2.05, 4.69) is 39.0 Å². The second kappa shape index (κ2) is 8.86. The number of nitrogen functional groups attached to an aromatic ring is 1. The summed E-state index contributed by atoms with van der Waals surface area (Å²) in [6.07, 6.45) is 4.45. The standard InChI is InChI=1S/C20H29N7O/c1-14(2)11-17(16-5-4-6-22-13-16)24-20(28)27-9-7-26(8-10-27)18-12-15(3)23-19(21)25-18/h4-6,12-14,17H,7-11H2,1-3H3,(H,24,28)(H2,21,23,25)/t17-/m0/s1. The number of piperazine rings is 1. The average molecular weight is 384 g/mol. The number of urea groups is 1. The van der Waals surface area contributed by atoms with E-state index in [1.54, 1.807) is 6.20 Å². The van der Waals surface area contributed by atoms with Crippen LogP contribution in [0.1, 0.15) is 37.6 Å². The molecule has 0 unspecified atom stereocenters. The number of hydrogen-bond acceptors (Lipinski definition) is 6. The number of hydrogen-bond donors (Lipinski definition) is 2. The molecular formula is C20H29N7O. The van der Waals surface area contributed by atoms with Gasteiger partial charge in [-0.2, -0.15) is 4.98 Å². The molecule has 8 heteroatoms. The number of pyridine rings is 1. The molecular weight excluding hydrogens is 354 g/mol. The van der Waals surface area contributed by atoms with Crippen molar-refractivity contribution in [2.24, 2.45) is 5.92 Å². The van der Waals surface area contributed by atoms with Crippen LogP contribution in [0.5, 0.6) is 0 Å². The highest BCUT2D eigenvalue weighted by Crippen LogP contribution is 2.21. The lowest BCUT2D eigenvalue weighted by molar-refractivity contribution is 0.188. The van der Waals surface area contributed by atoms with Gasteiger partial charge < -0.3 is 20.9 Å². The number of aromatic nitrogens is 3. The smallest absolute Gasteiger partial charge is 0.318 e. The Kier molecular flexibility index (Phi) is 6.28. The first kappa shape index (κ1) is 19.9. The Balaban J connectivity index is 1.60. The molecule has 0 bridgehead atoms. The monoisotopic (exact) mass is 383 g/mol. The van der Waals surface area contributed by atoms with Crippen molar-refractivity contribution in [1.82, 2.24) is 25.2 Å². The predicted octanol–water partition coefficient (Wildman–Crippen LogP) is 2.38. The fraction of sp³-hybridized carbons (Fsp3) is 0.500. The minimum Gasteiger partial charge on any atom is -0.368 e. The first-order valence-corrected chi connectivity index (χ1v) is 9.74. The lowest BCUT2D eigenvalue weighted by Crippen LogP contribution is -2.52. The van der Waals surface area contributed by atoms with E-state index in [1.807, 2.05) is 36.2 Å². The maximum atomic E-state index is 12.8. The van der Waals surface area contributed by atoms with E-state index < -0.39 is 0 Å². The zero-order chi connectivity index (χ0) is 20.1. The van der Waals surface area contributed by atoms with Crippen molar-refractivity contribution in [3.63, 3.8) is 0 Å². The van der Waals surface area contributed by atoms with Crippen LogP contribution < -0.4 is 16.0 Å². The molecule has 2 amide bonds. The fourth-order valence-electron chi connectivity index (χ4n) is 3.45. The van der Waals surface area contributed by atoms with Gasteiger partial charge in [0.25, 0.3) is 0 Å². The van der Waals surface area contributed by atoms with Crippen LogP contribution >= 0.6 is 0 Å². The molecule has 1 fully saturated rings. The lowest BCUT2D eigenvalue weighted by Gasteiger charge is -2.36. The van der Waals surface area contributed by atoms with Crippen LogP contribution in [-0.2, 0) is 0 Å². The van der Waals surface area contributed by atoms with E-state index in [0.717, 1.165) is 23.5 Å². The Labute approximate surface area is 166 Å². The number of carbonyl (C=O) groups excluding carboxylic acids is 1. The molecule has 0 saturated carbocycles. The van der Waals surface area contributed by atoms with Crippen LogP contribution in [0.3, 0.4) is 0 Å². The summed E-state index contributed by atoms with van der Waals surface area (Å²) in [5.41, 5.74) is 7.64. The largest absolute Gasteiger partial charge is 0.368 e. The Morgan fingerprint density at radius 3 is 2.61 bits per heavy atom. The molecule has 1 aliphatic heterocycles. The van der Waals surface area contributed by atoms with Gasteiger partial charge in [0, 0.05) is 50.3 Å². The molecule has 1 saturated heterocycles. The second-order valence-electron chi connectivity index (χ2n) is 7.62. The van der Waals surface area contributed by atoms with Crippen LogP contribution in [0.2, 0.25) is 0 Å². The number of aryl methyl sites for hydroxylation is 1. The number of amides is 2. The maximum absolute atomic E-state index is 12.8. The first-order valence-electron chi connectivity index (χ1n) is 9.74. The average Bonchev–Trinajstić information content (AvgIpc) is 2.67. The van der Waals surface area contributed by atoms with Crippen LogP contribution in [0.4, 0.5) is 16.6 Å². The molecule has 1 atom stereocenters. The summed E-state index contributed by atoms with van der Waals surface area (Å²) < 4.78 is 0. The summed E-state index contributed by atoms with van der Waals surface area (Å²) >= 11 is 0. The van der Waals surface area contributed by atoms with Gasteiger partial charge in [-0.05, 0) is 30.9 Å². The lowest BCUT2D eigenvalue weighted by atomic mass is 9.98. The zero-order valence-corrected chi connectivity index (χ0v) is 16.8. The van der Waals surface area contributed by atoms with Gasteiger partial charge >= 0.3 is 6.03 Å². The molecule has 28 heavy (non-hydrogen) atoms. The predicted molar refractivity (Wildman–Crippen MR) is 110 cm³/mol. The normalized spacial score (nSPS) is 15.6. The zero-order valence-electron chi connectivity index (χ0n) is 16.8. The van der Waals surface area contributed by atoms with E-state index in [4.69, 9.17) is 5.73 Å². The van der Waals surface area contributed by atoms with E-state index in [1.165, 1.54) is 0 Å². The van der Waals surface area contributed by atoms with Crippen LogP contribution in [-0.4, -0.2) is 52.1 Å². The summed E-state index contributed by atoms with van der Waals surface area (Å²) in [5, 5.41) is 3.19. The number of carbonyl (C=O) groups is 1. The summed E-state index contributed by atoms with van der Waals surface area (Å²) in [6.45, 7) is 8.91. The van der Waals surface area contributed by atoms with E-state index in [-0.39, 0.29) is 18.0 Å². The molecule has 0 spiro atoms. The number of nitrogens with one attached hydrogen (secondary N) is 1. The van der Waals surface area contributed by atoms with E-state index in [0.29, 0.717) is 32.1 Å². The molecule has 3 heterocycles. The Morgan fingerprint density at radius 1 is 1.25 bits per heavy atom. The Hall–Kier alpha value is -2.90. The van der Waals surface area contributed by atoms with Crippen LogP contribution in [0.15, 0.2) is 30.6 Å². The summed E-state index contributed by atoms with van der Waals surface area (Å²) in [7, 11) is 0. The van der Waals surface area contributed by atoms with Gasteiger partial charge in [0.1, 0.15) is 5.82 Å². The van der Waals surface area contributed by atoms with Gasteiger partial charge in [-0.1, -0.05) is 19.9 Å². The number of anilines is 2. The summed E-state index contributed by atoms with van der Waals surface area (Å²) in [5.74, 6) is 1.56. The van der Waals surface area contributed by atoms with Crippen LogP contribution in [0, 0.1) is 12.8 Å². The quantitative estimate of drug-likeness (QED) is 0.822. The molecule has 0 aromatic carbocycles. The highest BCUT2D eigenvalue weighted by atomic mass is 16.2. The molecule has 2 aromatic heterocycles. The summed E-state index contributed by atoms with van der Waals surface area (Å²) in [4.78, 5) is 29.5. The third-order valence-electron chi connectivity index (χ3n) is 4.84. The Bertz CT molecular complexity index is 768. The third kappa shape index (κ3) is 5.09. The minimum absolute atomic E-state index is 0.0347. The molecule has 1 aliphatic rings. The van der Waals surface area contributed by atoms with Gasteiger partial charge in [-0.3, -0.25) is 4.98 Å². The minimum atomic E-state index is -0.0384. The molecule has 8 nitrogen and oxygen atoms in total. The van der Waals surface area contributed by atoms with Gasteiger partial charge in [0.05, 0.1) is 6.04 Å². The van der Waals surface area contributed by atoms with Gasteiger partial charge in [-0.25, -0.2) is 9.78 Å². The maximum Gasteiger partial charge on any atom is 0.318 e. The number of nitrogens with two attached hydrogens (primary N) is 1. The number of rotatable bonds is 5. The van der Waals surface area contributed by atoms with Crippen molar-refractivity contribution < 1.29 is 4.79 Å². The van der Waals surface area contributed by atoms with Gasteiger partial charge in [-0.15, -0.1) is 0 Å². The van der Waals surface area contributed by atoms with Crippen molar-refractivity contribution in [1.29, 1.82) is 0 Å². The molecule has 3 rings (SSSR count). The third-order valence-corrected chi connectivity index (χ3v) is 4.84. The second-order valence-corrected chi connectivity index (χ2v) is 7.62. The van der Waals surface area contributed by atoms with Crippen molar-refractivity contribution in [2.75, 3.05) is 36.8 Å². The highest BCUT2D eigenvalue weighted by Gasteiger charge is 2.25. The Morgan fingerprint density at radius 2 is 2.00 bits per heavy atom. The van der Waals surface area contributed by atoms with Crippen LogP contribution in [0.25, 0.3) is 0 Å². The van der Waals surface area contributed by atoms with Gasteiger partial charge in [0.2, 0.25) is 5.95 Å². The first-order chi connectivity index (χ1) is 13.4. The molecule has 150 valence electrons. The number of nitrogens with zero attached hydrogens (tertiary/aromatic N) is 5. The van der Waals surface area contributed by atoms with Crippen molar-refractivity contribution in [3.8, 4) is 0 Å². The van der Waals surface area contributed by atoms with Gasteiger partial charge in [0.15, 0.2) is 0 Å². The van der Waals surface area contributed by atoms with E-state index in [9.17, 15) is 4.79 Å². The molecule has 3 N–H and O–H groups in total. The fourth-order valence-corrected chi connectivity index (χ4v) is 3.45. The SMILES string of the molecule is Cc1cc(N2CCN(C(=O)N[C@@H](CC(C)C)c3cccnc3)CC2)nc(N)n1. The summed E-state index contributed by atoms with van der Waals surface area (Å²) in [6, 6.07) is 5.77. The van der Waals surface area contributed by atoms with E-state index >= 15 is 0 Å². The van der Waals surface area contributed by atoms with Crippen molar-refractivity contribution in [3.05, 3.63) is 41.9 Å². The molecule has 2 aromatic rings.